The lowest BCUT2D eigenvalue weighted by Gasteiger charge is -2.25. The lowest BCUT2D eigenvalue weighted by Crippen LogP contribution is -2.33. The molecule has 3 N–H and O–H groups in total. The Kier molecular flexibility index (Phi) is 5.02. The predicted molar refractivity (Wildman–Crippen MR) is 63.5 cm³/mol. The fraction of sp³-hybridized carbons (Fsp3) is 0.538. The lowest BCUT2D eigenvalue weighted by molar-refractivity contribution is 0.0854. The van der Waals surface area contributed by atoms with E-state index in [1.54, 1.807) is 0 Å². The van der Waals surface area contributed by atoms with Crippen LogP contribution in [0.3, 0.4) is 0 Å². The minimum absolute atomic E-state index is 0.0869. The first-order valence-electron chi connectivity index (χ1n) is 5.78. The zero-order valence-corrected chi connectivity index (χ0v) is 10.2. The minimum atomic E-state index is -0.886. The topological polar surface area (TPSA) is 46.2 Å². The van der Waals surface area contributed by atoms with Crippen LogP contribution in [0.4, 0.5) is 8.78 Å². The Morgan fingerprint density at radius 1 is 1.29 bits per heavy atom. The van der Waals surface area contributed by atoms with Crippen molar-refractivity contribution in [2.45, 2.75) is 26.4 Å². The van der Waals surface area contributed by atoms with Gasteiger partial charge >= 0.3 is 0 Å². The maximum atomic E-state index is 13.4. The molecule has 17 heavy (non-hydrogen) atoms. The molecule has 0 radical (unpaired) electrons. The van der Waals surface area contributed by atoms with Crippen molar-refractivity contribution in [3.63, 3.8) is 0 Å². The van der Waals surface area contributed by atoms with Gasteiger partial charge in [0.1, 0.15) is 0 Å². The molecule has 1 aromatic rings. The monoisotopic (exact) mass is 243 g/mol. The Balaban J connectivity index is 2.80. The first-order valence-corrected chi connectivity index (χ1v) is 5.78. The van der Waals surface area contributed by atoms with Gasteiger partial charge in [0, 0.05) is 6.42 Å². The van der Waals surface area contributed by atoms with Gasteiger partial charge in [-0.3, -0.25) is 0 Å². The van der Waals surface area contributed by atoms with E-state index < -0.39 is 17.7 Å². The van der Waals surface area contributed by atoms with E-state index in [0.717, 1.165) is 6.07 Å². The smallest absolute Gasteiger partial charge is 0.162 e. The molecule has 0 heterocycles. The van der Waals surface area contributed by atoms with Gasteiger partial charge in [-0.1, -0.05) is 26.0 Å². The van der Waals surface area contributed by atoms with E-state index >= 15 is 0 Å². The first-order chi connectivity index (χ1) is 7.97. The summed E-state index contributed by atoms with van der Waals surface area (Å²) >= 11 is 0. The molecule has 0 amide bonds. The van der Waals surface area contributed by atoms with Crippen LogP contribution in [0.25, 0.3) is 0 Å². The number of halogens is 2. The van der Waals surface area contributed by atoms with Gasteiger partial charge in [0.2, 0.25) is 0 Å². The third-order valence-corrected chi connectivity index (χ3v) is 3.08. The molecule has 0 saturated carbocycles. The highest BCUT2D eigenvalue weighted by atomic mass is 19.2. The van der Waals surface area contributed by atoms with Crippen LogP contribution in [0.1, 0.15) is 19.4 Å². The molecular weight excluding hydrogens is 224 g/mol. The normalized spacial score (nSPS) is 15.0. The number of nitrogens with two attached hydrogens (primary N) is 1. The summed E-state index contributed by atoms with van der Waals surface area (Å²) < 4.78 is 26.4. The Bertz CT molecular complexity index is 368. The first kappa shape index (κ1) is 14.1. The van der Waals surface area contributed by atoms with Crippen LogP contribution in [-0.4, -0.2) is 17.8 Å². The number of rotatable bonds is 5. The summed E-state index contributed by atoms with van der Waals surface area (Å²) in [7, 11) is 0. The zero-order chi connectivity index (χ0) is 13.0. The van der Waals surface area contributed by atoms with E-state index in [-0.39, 0.29) is 23.8 Å². The molecule has 96 valence electrons. The van der Waals surface area contributed by atoms with Crippen molar-refractivity contribution in [3.05, 3.63) is 35.4 Å². The molecule has 0 bridgehead atoms. The summed E-state index contributed by atoms with van der Waals surface area (Å²) in [5.41, 5.74) is 5.76. The molecule has 0 aliphatic carbocycles. The molecule has 0 aromatic heterocycles. The highest BCUT2D eigenvalue weighted by Gasteiger charge is 2.23. The van der Waals surface area contributed by atoms with Crippen molar-refractivity contribution >= 4 is 0 Å². The number of hydrogen-bond acceptors (Lipinski definition) is 2. The third-order valence-electron chi connectivity index (χ3n) is 3.08. The molecule has 4 heteroatoms. The van der Waals surface area contributed by atoms with Gasteiger partial charge in [0.15, 0.2) is 11.6 Å². The minimum Gasteiger partial charge on any atom is -0.392 e. The predicted octanol–water partition coefficient (Wildman–Crippen LogP) is 2.10. The Labute approximate surface area is 100 Å². The molecule has 1 aromatic carbocycles. The molecule has 0 aliphatic heterocycles. The van der Waals surface area contributed by atoms with Crippen molar-refractivity contribution in [2.75, 3.05) is 6.54 Å². The van der Waals surface area contributed by atoms with Crippen LogP contribution in [0, 0.1) is 23.5 Å². The van der Waals surface area contributed by atoms with Crippen LogP contribution in [0.15, 0.2) is 18.2 Å². The van der Waals surface area contributed by atoms with Crippen molar-refractivity contribution in [1.29, 1.82) is 0 Å². The van der Waals surface area contributed by atoms with Gasteiger partial charge in [-0.25, -0.2) is 8.78 Å². The van der Waals surface area contributed by atoms with Gasteiger partial charge < -0.3 is 10.8 Å². The molecule has 0 fully saturated rings. The van der Waals surface area contributed by atoms with Crippen LogP contribution >= 0.6 is 0 Å². The summed E-state index contributed by atoms with van der Waals surface area (Å²) in [6.45, 7) is 4.22. The maximum absolute atomic E-state index is 13.4. The molecule has 0 aliphatic rings. The van der Waals surface area contributed by atoms with Gasteiger partial charge in [0.05, 0.1) is 6.10 Å². The second-order valence-electron chi connectivity index (χ2n) is 4.63. The molecular formula is C13H19F2NO. The molecule has 2 atom stereocenters. The van der Waals surface area contributed by atoms with Crippen molar-refractivity contribution < 1.29 is 13.9 Å². The van der Waals surface area contributed by atoms with Crippen molar-refractivity contribution in [3.8, 4) is 0 Å². The third kappa shape index (κ3) is 3.48. The standard InChI is InChI=1S/C13H19F2NO/c1-8(2)10(7-16)12(17)6-9-4-3-5-11(14)13(9)15/h3-5,8,10,12,17H,6-7,16H2,1-2H3. The Morgan fingerprint density at radius 3 is 2.47 bits per heavy atom. The number of aliphatic hydroxyl groups excluding tert-OH is 1. The van der Waals surface area contributed by atoms with Crippen LogP contribution in [0.2, 0.25) is 0 Å². The zero-order valence-electron chi connectivity index (χ0n) is 10.2. The van der Waals surface area contributed by atoms with E-state index in [9.17, 15) is 13.9 Å². The molecule has 1 rings (SSSR count). The lowest BCUT2D eigenvalue weighted by atomic mass is 9.87. The van der Waals surface area contributed by atoms with Crippen LogP contribution in [0.5, 0.6) is 0 Å². The van der Waals surface area contributed by atoms with E-state index in [1.165, 1.54) is 12.1 Å². The second kappa shape index (κ2) is 6.07. The fourth-order valence-electron chi connectivity index (χ4n) is 1.96. The average Bonchev–Trinajstić information content (AvgIpc) is 2.25. The Morgan fingerprint density at radius 2 is 1.94 bits per heavy atom. The largest absolute Gasteiger partial charge is 0.392 e. The van der Waals surface area contributed by atoms with E-state index in [0.29, 0.717) is 6.54 Å². The number of benzene rings is 1. The summed E-state index contributed by atoms with van der Waals surface area (Å²) in [6.07, 6.45) is -0.666. The SMILES string of the molecule is CC(C)C(CN)C(O)Cc1cccc(F)c1F. The summed E-state index contributed by atoms with van der Waals surface area (Å²) in [4.78, 5) is 0. The van der Waals surface area contributed by atoms with Gasteiger partial charge in [0.25, 0.3) is 0 Å². The van der Waals surface area contributed by atoms with E-state index in [2.05, 4.69) is 0 Å². The van der Waals surface area contributed by atoms with Gasteiger partial charge in [-0.2, -0.15) is 0 Å². The maximum Gasteiger partial charge on any atom is 0.162 e. The number of aliphatic hydroxyl groups is 1. The van der Waals surface area contributed by atoms with E-state index in [4.69, 9.17) is 5.73 Å². The number of hydrogen-bond donors (Lipinski definition) is 2. The van der Waals surface area contributed by atoms with Crippen molar-refractivity contribution in [1.82, 2.24) is 0 Å². The summed E-state index contributed by atoms with van der Waals surface area (Å²) in [6, 6.07) is 3.98. The van der Waals surface area contributed by atoms with Gasteiger partial charge in [-0.15, -0.1) is 0 Å². The van der Waals surface area contributed by atoms with Gasteiger partial charge in [-0.05, 0) is 30.0 Å². The average molecular weight is 243 g/mol. The molecule has 2 unspecified atom stereocenters. The molecule has 0 spiro atoms. The second-order valence-corrected chi connectivity index (χ2v) is 4.63. The fourth-order valence-corrected chi connectivity index (χ4v) is 1.96. The molecule has 2 nitrogen and oxygen atoms in total. The van der Waals surface area contributed by atoms with E-state index in [1.807, 2.05) is 13.8 Å². The summed E-state index contributed by atoms with van der Waals surface area (Å²) in [5.74, 6) is -1.68. The van der Waals surface area contributed by atoms with Crippen LogP contribution in [-0.2, 0) is 6.42 Å². The highest BCUT2D eigenvalue weighted by molar-refractivity contribution is 5.19. The molecule has 0 saturated heterocycles. The Hall–Kier alpha value is -1.00. The van der Waals surface area contributed by atoms with Crippen LogP contribution < -0.4 is 5.73 Å². The van der Waals surface area contributed by atoms with Crippen molar-refractivity contribution in [2.24, 2.45) is 17.6 Å². The summed E-state index contributed by atoms with van der Waals surface area (Å²) in [5, 5.41) is 9.98. The highest BCUT2D eigenvalue weighted by Crippen LogP contribution is 2.20. The quantitative estimate of drug-likeness (QED) is 0.832.